The fraction of sp³-hybridized carbons (Fsp3) is 0.400. The van der Waals surface area contributed by atoms with Gasteiger partial charge in [0.25, 0.3) is 11.8 Å². The molecule has 0 aliphatic carbocycles. The van der Waals surface area contributed by atoms with E-state index < -0.39 is 0 Å². The molecule has 0 radical (unpaired) electrons. The number of nitrogens with zero attached hydrogens (tertiary/aromatic N) is 3. The molecule has 1 unspecified atom stereocenters. The Hall–Kier alpha value is -3.15. The van der Waals surface area contributed by atoms with E-state index in [4.69, 9.17) is 0 Å². The molecule has 2 aromatic heterocycles. The summed E-state index contributed by atoms with van der Waals surface area (Å²) in [7, 11) is 1.77. The lowest BCUT2D eigenvalue weighted by Gasteiger charge is -2.20. The molecule has 0 fully saturated rings. The van der Waals surface area contributed by atoms with Crippen molar-refractivity contribution in [1.29, 1.82) is 0 Å². The van der Waals surface area contributed by atoms with Gasteiger partial charge in [0.05, 0.1) is 0 Å². The van der Waals surface area contributed by atoms with Gasteiger partial charge in [-0.15, -0.1) is 0 Å². The fourth-order valence-corrected chi connectivity index (χ4v) is 3.87. The average Bonchev–Trinajstić information content (AvgIpc) is 3.20. The first-order valence-corrected chi connectivity index (χ1v) is 11.0. The first-order chi connectivity index (χ1) is 14.9. The Morgan fingerprint density at radius 1 is 1.10 bits per heavy atom. The van der Waals surface area contributed by atoms with E-state index >= 15 is 0 Å². The van der Waals surface area contributed by atoms with Crippen molar-refractivity contribution in [3.63, 3.8) is 0 Å². The number of rotatable bonds is 9. The van der Waals surface area contributed by atoms with Gasteiger partial charge in [0.2, 0.25) is 0 Å². The third-order valence-electron chi connectivity index (χ3n) is 5.39. The van der Waals surface area contributed by atoms with Crippen LogP contribution in [0.1, 0.15) is 66.1 Å². The number of aromatic nitrogens is 2. The van der Waals surface area contributed by atoms with Crippen molar-refractivity contribution in [2.24, 2.45) is 5.92 Å². The Balaban J connectivity index is 1.79. The predicted molar refractivity (Wildman–Crippen MR) is 123 cm³/mol. The second-order valence-electron chi connectivity index (χ2n) is 8.44. The Labute approximate surface area is 184 Å². The zero-order chi connectivity index (χ0) is 22.4. The number of carbonyl (C=O) groups excluding carboxylic acids is 2. The minimum Gasteiger partial charge on any atom is -0.350 e. The maximum atomic E-state index is 13.0. The number of carbonyl (C=O) groups is 2. The maximum Gasteiger partial charge on any atom is 0.273 e. The van der Waals surface area contributed by atoms with Crippen LogP contribution in [-0.4, -0.2) is 46.2 Å². The number of benzene rings is 1. The van der Waals surface area contributed by atoms with Crippen LogP contribution < -0.4 is 5.32 Å². The fourth-order valence-electron chi connectivity index (χ4n) is 3.87. The molecule has 1 aromatic carbocycles. The van der Waals surface area contributed by atoms with Crippen LogP contribution in [0.15, 0.2) is 54.7 Å². The summed E-state index contributed by atoms with van der Waals surface area (Å²) in [5, 5.41) is 3.09. The molecule has 164 valence electrons. The van der Waals surface area contributed by atoms with E-state index in [1.54, 1.807) is 40.7 Å². The van der Waals surface area contributed by atoms with Crippen molar-refractivity contribution in [2.75, 3.05) is 20.1 Å². The minimum absolute atomic E-state index is 0.141. The van der Waals surface area contributed by atoms with Gasteiger partial charge >= 0.3 is 0 Å². The summed E-state index contributed by atoms with van der Waals surface area (Å²) in [4.78, 5) is 31.7. The lowest BCUT2D eigenvalue weighted by Crippen LogP contribution is -2.30. The maximum absolute atomic E-state index is 13.0. The second kappa shape index (κ2) is 10.2. The number of hydrogen-bond donors (Lipinski definition) is 1. The number of amides is 2. The lowest BCUT2D eigenvalue weighted by atomic mass is 9.90. The molecule has 6 heteroatoms. The zero-order valence-corrected chi connectivity index (χ0v) is 18.8. The molecule has 1 N–H and O–H groups in total. The van der Waals surface area contributed by atoms with Crippen molar-refractivity contribution in [3.8, 4) is 0 Å². The smallest absolute Gasteiger partial charge is 0.273 e. The Morgan fingerprint density at radius 3 is 2.52 bits per heavy atom. The third-order valence-corrected chi connectivity index (χ3v) is 5.39. The summed E-state index contributed by atoms with van der Waals surface area (Å²) >= 11 is 0. The van der Waals surface area contributed by atoms with Gasteiger partial charge < -0.3 is 10.2 Å². The number of fused-ring (bicyclic) bond motifs is 1. The lowest BCUT2D eigenvalue weighted by molar-refractivity contribution is 0.0789. The van der Waals surface area contributed by atoms with Gasteiger partial charge in [0, 0.05) is 32.3 Å². The Kier molecular flexibility index (Phi) is 7.45. The standard InChI is InChI=1S/C25H32N4O2/c1-5-14-28(4)25(31)21-17-29-22(12-9-13-23(29)27-21)24(30)26-16-20(15-18(2)3)19-10-7-6-8-11-19/h6-13,17-18,20H,5,14-16H2,1-4H3,(H,26,30). The first-order valence-electron chi connectivity index (χ1n) is 11.0. The number of nitrogens with one attached hydrogen (secondary N) is 1. The van der Waals surface area contributed by atoms with E-state index in [1.165, 1.54) is 5.56 Å². The first kappa shape index (κ1) is 22.5. The van der Waals surface area contributed by atoms with Crippen LogP contribution in [0.3, 0.4) is 0 Å². The third kappa shape index (κ3) is 5.51. The van der Waals surface area contributed by atoms with Crippen LogP contribution >= 0.6 is 0 Å². The summed E-state index contributed by atoms with van der Waals surface area (Å²) in [5.41, 5.74) is 2.63. The molecule has 0 aliphatic rings. The van der Waals surface area contributed by atoms with Crippen molar-refractivity contribution in [3.05, 3.63) is 71.7 Å². The Morgan fingerprint density at radius 2 is 1.84 bits per heavy atom. The highest BCUT2D eigenvalue weighted by Crippen LogP contribution is 2.23. The van der Waals surface area contributed by atoms with Crippen LogP contribution in [0.25, 0.3) is 5.65 Å². The van der Waals surface area contributed by atoms with Gasteiger partial charge in [-0.05, 0) is 36.5 Å². The molecule has 6 nitrogen and oxygen atoms in total. The molecular weight excluding hydrogens is 388 g/mol. The van der Waals surface area contributed by atoms with E-state index in [0.29, 0.717) is 36.0 Å². The van der Waals surface area contributed by atoms with Crippen molar-refractivity contribution in [2.45, 2.75) is 39.5 Å². The largest absolute Gasteiger partial charge is 0.350 e. The average molecular weight is 421 g/mol. The van der Waals surface area contributed by atoms with E-state index in [9.17, 15) is 9.59 Å². The molecule has 0 saturated heterocycles. The van der Waals surface area contributed by atoms with Crippen LogP contribution in [-0.2, 0) is 0 Å². The van der Waals surface area contributed by atoms with Crippen LogP contribution in [0.5, 0.6) is 0 Å². The van der Waals surface area contributed by atoms with Gasteiger partial charge in [-0.25, -0.2) is 4.98 Å². The molecule has 0 spiro atoms. The van der Waals surface area contributed by atoms with Crippen LogP contribution in [0, 0.1) is 5.92 Å². The van der Waals surface area contributed by atoms with Crippen molar-refractivity contribution in [1.82, 2.24) is 19.6 Å². The summed E-state index contributed by atoms with van der Waals surface area (Å²) in [6.07, 6.45) is 3.52. The second-order valence-corrected chi connectivity index (χ2v) is 8.44. The molecule has 31 heavy (non-hydrogen) atoms. The van der Waals surface area contributed by atoms with Gasteiger partial charge in [-0.3, -0.25) is 14.0 Å². The quantitative estimate of drug-likeness (QED) is 0.559. The summed E-state index contributed by atoms with van der Waals surface area (Å²) in [5.74, 6) is 0.450. The number of hydrogen-bond acceptors (Lipinski definition) is 3. The van der Waals surface area contributed by atoms with Gasteiger partial charge in [-0.2, -0.15) is 0 Å². The predicted octanol–water partition coefficient (Wildman–Crippen LogP) is 4.38. The van der Waals surface area contributed by atoms with Gasteiger partial charge in [0.15, 0.2) is 0 Å². The zero-order valence-electron chi connectivity index (χ0n) is 18.8. The highest BCUT2D eigenvalue weighted by Gasteiger charge is 2.19. The molecule has 0 aliphatic heterocycles. The molecule has 2 heterocycles. The molecule has 0 bridgehead atoms. The van der Waals surface area contributed by atoms with E-state index in [2.05, 4.69) is 36.3 Å². The van der Waals surface area contributed by atoms with E-state index in [1.807, 2.05) is 25.1 Å². The highest BCUT2D eigenvalue weighted by atomic mass is 16.2. The molecule has 2 amide bonds. The minimum atomic E-state index is -0.173. The Bertz CT molecular complexity index is 1030. The van der Waals surface area contributed by atoms with Crippen LogP contribution in [0.4, 0.5) is 0 Å². The van der Waals surface area contributed by atoms with Crippen LogP contribution in [0.2, 0.25) is 0 Å². The van der Waals surface area contributed by atoms with Gasteiger partial charge in [0.1, 0.15) is 17.0 Å². The normalized spacial score (nSPS) is 12.2. The topological polar surface area (TPSA) is 66.7 Å². The SMILES string of the molecule is CCCN(C)C(=O)c1cn2c(C(=O)NCC(CC(C)C)c3ccccc3)cccc2n1. The van der Waals surface area contributed by atoms with Gasteiger partial charge in [-0.1, -0.05) is 57.2 Å². The summed E-state index contributed by atoms with van der Waals surface area (Å²) in [6.45, 7) is 7.63. The summed E-state index contributed by atoms with van der Waals surface area (Å²) < 4.78 is 1.70. The number of pyridine rings is 1. The van der Waals surface area contributed by atoms with Crippen molar-refractivity contribution >= 4 is 17.5 Å². The van der Waals surface area contributed by atoms with Crippen molar-refractivity contribution < 1.29 is 9.59 Å². The summed E-state index contributed by atoms with van der Waals surface area (Å²) in [6, 6.07) is 15.7. The highest BCUT2D eigenvalue weighted by molar-refractivity contribution is 5.95. The van der Waals surface area contributed by atoms with E-state index in [-0.39, 0.29) is 17.7 Å². The monoisotopic (exact) mass is 420 g/mol. The molecule has 3 aromatic rings. The molecule has 1 atom stereocenters. The van der Waals surface area contributed by atoms with E-state index in [0.717, 1.165) is 12.8 Å². The molecule has 0 saturated carbocycles. The molecule has 3 rings (SSSR count). The molecular formula is C25H32N4O2. The number of imidazole rings is 1.